The lowest BCUT2D eigenvalue weighted by atomic mass is 10.2. The fraction of sp³-hybridized carbons (Fsp3) is 0.308. The molecule has 1 aromatic carbocycles. The number of nitrogens with zero attached hydrogens (tertiary/aromatic N) is 2. The summed E-state index contributed by atoms with van der Waals surface area (Å²) in [5, 5.41) is 13.3. The number of phenols is 1. The molecule has 5 heteroatoms. The van der Waals surface area contributed by atoms with E-state index in [1.54, 1.807) is 12.1 Å². The van der Waals surface area contributed by atoms with Crippen LogP contribution in [0.15, 0.2) is 28.8 Å². The van der Waals surface area contributed by atoms with E-state index in [0.29, 0.717) is 12.2 Å². The lowest BCUT2D eigenvalue weighted by molar-refractivity contribution is 0.302. The Labute approximate surface area is 106 Å². The number of phenolic OH excluding ortho intramolecular Hbond substituents is 1. The van der Waals surface area contributed by atoms with Gasteiger partial charge in [-0.25, -0.2) is 0 Å². The predicted octanol–water partition coefficient (Wildman–Crippen LogP) is 1.90. The second-order valence-corrected chi connectivity index (χ2v) is 4.49. The minimum Gasteiger partial charge on any atom is -0.506 e. The van der Waals surface area contributed by atoms with Crippen molar-refractivity contribution < 1.29 is 9.63 Å². The first kappa shape index (κ1) is 12.4. The van der Waals surface area contributed by atoms with Crippen molar-refractivity contribution in [3.8, 4) is 5.75 Å². The molecule has 2 rings (SSSR count). The van der Waals surface area contributed by atoms with Crippen LogP contribution in [0.1, 0.15) is 17.0 Å². The Bertz CT molecular complexity index is 537. The molecule has 0 radical (unpaired) electrons. The first-order valence-corrected chi connectivity index (χ1v) is 5.72. The van der Waals surface area contributed by atoms with Gasteiger partial charge in [-0.15, -0.1) is 0 Å². The Morgan fingerprint density at radius 3 is 2.72 bits per heavy atom. The molecule has 0 bridgehead atoms. The van der Waals surface area contributed by atoms with Gasteiger partial charge in [0.1, 0.15) is 11.5 Å². The summed E-state index contributed by atoms with van der Waals surface area (Å²) >= 11 is 0. The van der Waals surface area contributed by atoms with Crippen molar-refractivity contribution in [2.24, 2.45) is 0 Å². The third-order valence-electron chi connectivity index (χ3n) is 2.65. The van der Waals surface area contributed by atoms with Crippen LogP contribution < -0.4 is 5.73 Å². The average Bonchev–Trinajstić information content (AvgIpc) is 2.69. The molecule has 5 nitrogen and oxygen atoms in total. The van der Waals surface area contributed by atoms with Gasteiger partial charge >= 0.3 is 0 Å². The maximum absolute atomic E-state index is 9.35. The molecular weight excluding hydrogens is 230 g/mol. The number of hydrogen-bond acceptors (Lipinski definition) is 5. The number of nitrogens with two attached hydrogens (primary N) is 1. The number of aromatic hydroxyl groups is 1. The zero-order valence-corrected chi connectivity index (χ0v) is 10.6. The molecule has 0 aliphatic rings. The molecule has 0 aliphatic carbocycles. The first-order valence-electron chi connectivity index (χ1n) is 5.72. The van der Waals surface area contributed by atoms with E-state index in [-0.39, 0.29) is 5.75 Å². The molecule has 1 aromatic heterocycles. The molecule has 0 saturated heterocycles. The molecule has 2 aromatic rings. The molecule has 1 heterocycles. The molecule has 0 aliphatic heterocycles. The third kappa shape index (κ3) is 3.01. The topological polar surface area (TPSA) is 75.5 Å². The van der Waals surface area contributed by atoms with Crippen LogP contribution in [0.3, 0.4) is 0 Å². The molecule has 0 unspecified atom stereocenters. The van der Waals surface area contributed by atoms with Crippen LogP contribution in [-0.4, -0.2) is 22.2 Å². The molecule has 0 saturated carbocycles. The second-order valence-electron chi connectivity index (χ2n) is 4.49. The Morgan fingerprint density at radius 1 is 1.33 bits per heavy atom. The van der Waals surface area contributed by atoms with Crippen LogP contribution in [0.4, 0.5) is 5.69 Å². The fourth-order valence-corrected chi connectivity index (χ4v) is 1.84. The van der Waals surface area contributed by atoms with Gasteiger partial charge in [0.25, 0.3) is 0 Å². The van der Waals surface area contributed by atoms with Crippen molar-refractivity contribution in [3.05, 3.63) is 41.3 Å². The number of benzene rings is 1. The summed E-state index contributed by atoms with van der Waals surface area (Å²) in [4.78, 5) is 2.10. The highest BCUT2D eigenvalue weighted by Crippen LogP contribution is 2.21. The van der Waals surface area contributed by atoms with Crippen LogP contribution >= 0.6 is 0 Å². The van der Waals surface area contributed by atoms with E-state index in [2.05, 4.69) is 10.1 Å². The number of aromatic nitrogens is 1. The first-order chi connectivity index (χ1) is 8.54. The van der Waals surface area contributed by atoms with E-state index >= 15 is 0 Å². The van der Waals surface area contributed by atoms with Crippen LogP contribution in [-0.2, 0) is 13.1 Å². The van der Waals surface area contributed by atoms with Crippen molar-refractivity contribution in [1.82, 2.24) is 10.1 Å². The summed E-state index contributed by atoms with van der Waals surface area (Å²) < 4.78 is 5.02. The number of anilines is 1. The second kappa shape index (κ2) is 5.10. The Hall–Kier alpha value is -2.01. The monoisotopic (exact) mass is 247 g/mol. The lowest BCUT2D eigenvalue weighted by Crippen LogP contribution is -2.17. The smallest absolute Gasteiger partial charge is 0.138 e. The molecule has 96 valence electrons. The van der Waals surface area contributed by atoms with Gasteiger partial charge in [0, 0.05) is 19.2 Å². The minimum absolute atomic E-state index is 0.119. The third-order valence-corrected chi connectivity index (χ3v) is 2.65. The van der Waals surface area contributed by atoms with Crippen molar-refractivity contribution >= 4 is 5.69 Å². The average molecular weight is 247 g/mol. The molecule has 18 heavy (non-hydrogen) atoms. The Morgan fingerprint density at radius 2 is 2.11 bits per heavy atom. The van der Waals surface area contributed by atoms with Gasteiger partial charge in [-0.05, 0) is 31.7 Å². The van der Waals surface area contributed by atoms with E-state index in [4.69, 9.17) is 10.3 Å². The molecule has 0 fully saturated rings. The van der Waals surface area contributed by atoms with Crippen molar-refractivity contribution in [1.29, 1.82) is 0 Å². The highest BCUT2D eigenvalue weighted by Gasteiger charge is 2.06. The Balaban J connectivity index is 1.98. The van der Waals surface area contributed by atoms with Crippen molar-refractivity contribution in [2.45, 2.75) is 20.0 Å². The number of aryl methyl sites for hydroxylation is 1. The SMILES string of the molecule is Cc1cc(CN(C)Cc2ccc(O)c(N)c2)no1. The zero-order valence-electron chi connectivity index (χ0n) is 10.6. The Kier molecular flexibility index (Phi) is 3.53. The van der Waals surface area contributed by atoms with Gasteiger partial charge in [-0.3, -0.25) is 4.90 Å². The fourth-order valence-electron chi connectivity index (χ4n) is 1.84. The van der Waals surface area contributed by atoms with E-state index in [1.807, 2.05) is 26.1 Å². The van der Waals surface area contributed by atoms with Gasteiger partial charge in [0.05, 0.1) is 11.4 Å². The van der Waals surface area contributed by atoms with E-state index < -0.39 is 0 Å². The van der Waals surface area contributed by atoms with Crippen molar-refractivity contribution in [3.63, 3.8) is 0 Å². The quantitative estimate of drug-likeness (QED) is 0.637. The van der Waals surface area contributed by atoms with Crippen LogP contribution in [0.2, 0.25) is 0 Å². The van der Waals surface area contributed by atoms with Gasteiger partial charge in [0.15, 0.2) is 0 Å². The minimum atomic E-state index is 0.119. The largest absolute Gasteiger partial charge is 0.506 e. The molecule has 3 N–H and O–H groups in total. The van der Waals surface area contributed by atoms with Gasteiger partial charge in [0.2, 0.25) is 0 Å². The molecule has 0 atom stereocenters. The van der Waals surface area contributed by atoms with E-state index in [1.165, 1.54) is 0 Å². The van der Waals surface area contributed by atoms with Crippen LogP contribution in [0.5, 0.6) is 5.75 Å². The summed E-state index contributed by atoms with van der Waals surface area (Å²) in [6, 6.07) is 7.16. The number of hydrogen-bond donors (Lipinski definition) is 2. The number of nitrogen functional groups attached to an aromatic ring is 1. The van der Waals surface area contributed by atoms with E-state index in [9.17, 15) is 5.11 Å². The summed E-state index contributed by atoms with van der Waals surface area (Å²) in [5.74, 6) is 0.931. The highest BCUT2D eigenvalue weighted by molar-refractivity contribution is 5.53. The summed E-state index contributed by atoms with van der Waals surface area (Å²) in [7, 11) is 1.99. The maximum Gasteiger partial charge on any atom is 0.138 e. The lowest BCUT2D eigenvalue weighted by Gasteiger charge is -2.15. The predicted molar refractivity (Wildman–Crippen MR) is 68.9 cm³/mol. The highest BCUT2D eigenvalue weighted by atomic mass is 16.5. The van der Waals surface area contributed by atoms with Crippen molar-refractivity contribution in [2.75, 3.05) is 12.8 Å². The van der Waals surface area contributed by atoms with Gasteiger partial charge in [-0.2, -0.15) is 0 Å². The summed E-state index contributed by atoms with van der Waals surface area (Å²) in [5.41, 5.74) is 8.01. The van der Waals surface area contributed by atoms with E-state index in [0.717, 1.165) is 23.6 Å². The number of rotatable bonds is 4. The van der Waals surface area contributed by atoms with Gasteiger partial charge in [-0.1, -0.05) is 11.2 Å². The molecule has 0 spiro atoms. The molecule has 0 amide bonds. The van der Waals surface area contributed by atoms with Crippen LogP contribution in [0.25, 0.3) is 0 Å². The van der Waals surface area contributed by atoms with Gasteiger partial charge < -0.3 is 15.4 Å². The normalized spacial score (nSPS) is 11.1. The maximum atomic E-state index is 9.35. The standard InChI is InChI=1S/C13H17N3O2/c1-9-5-11(15-18-9)8-16(2)7-10-3-4-13(17)12(14)6-10/h3-6,17H,7-8,14H2,1-2H3. The molecular formula is C13H17N3O2. The zero-order chi connectivity index (χ0) is 13.1. The van der Waals surface area contributed by atoms with Crippen LogP contribution in [0, 0.1) is 6.92 Å². The summed E-state index contributed by atoms with van der Waals surface area (Å²) in [6.07, 6.45) is 0. The summed E-state index contributed by atoms with van der Waals surface area (Å²) in [6.45, 7) is 3.31.